The number of carboxylic acid groups (broad SMARTS) is 3. The van der Waals surface area contributed by atoms with Crippen molar-refractivity contribution in [2.45, 2.75) is 31.3 Å². The molecule has 0 amide bonds. The number of esters is 1. The number of phenols is 2. The number of carboxylic acids is 3. The highest BCUT2D eigenvalue weighted by atomic mass is 16.6. The molecule has 5 rings (SSSR count). The maximum atomic E-state index is 13.1. The number of fused-ring (bicyclic) bond motifs is 6. The summed E-state index contributed by atoms with van der Waals surface area (Å²) < 4.78 is 12.0. The average molecular weight is 520 g/mol. The minimum atomic E-state index is -1.84. The van der Waals surface area contributed by atoms with Crippen LogP contribution in [0.2, 0.25) is 0 Å². The SMILES string of the molecule is O=C(O)CCc1c(O)cc2c(c1CCC(=O)O)C1(OC(=O)c3ccccc31)c1ccc(O)c(C(=O)O)c1O2. The lowest BCUT2D eigenvalue weighted by atomic mass is 9.73. The van der Waals surface area contributed by atoms with E-state index < -0.39 is 53.0 Å². The average Bonchev–Trinajstić information content (AvgIpc) is 3.13. The Hall–Kier alpha value is -5.06. The summed E-state index contributed by atoms with van der Waals surface area (Å²) in [6.07, 6.45) is -1.16. The van der Waals surface area contributed by atoms with Crippen LogP contribution in [0.4, 0.5) is 0 Å². The van der Waals surface area contributed by atoms with E-state index in [1.807, 2.05) is 0 Å². The lowest BCUT2D eigenvalue weighted by molar-refractivity contribution is -0.138. The van der Waals surface area contributed by atoms with Crippen molar-refractivity contribution in [3.63, 3.8) is 0 Å². The van der Waals surface area contributed by atoms with Crippen LogP contribution in [0.25, 0.3) is 0 Å². The van der Waals surface area contributed by atoms with Gasteiger partial charge in [-0.15, -0.1) is 0 Å². The summed E-state index contributed by atoms with van der Waals surface area (Å²) in [7, 11) is 0. The van der Waals surface area contributed by atoms with Crippen LogP contribution < -0.4 is 4.74 Å². The van der Waals surface area contributed by atoms with Crippen LogP contribution >= 0.6 is 0 Å². The van der Waals surface area contributed by atoms with E-state index in [9.17, 15) is 44.7 Å². The largest absolute Gasteiger partial charge is 0.508 e. The molecule has 0 bridgehead atoms. The molecule has 2 heterocycles. The predicted molar refractivity (Wildman–Crippen MR) is 127 cm³/mol. The zero-order chi connectivity index (χ0) is 27.4. The van der Waals surface area contributed by atoms with Gasteiger partial charge in [-0.2, -0.15) is 0 Å². The van der Waals surface area contributed by atoms with E-state index in [0.717, 1.165) is 12.1 Å². The van der Waals surface area contributed by atoms with Crippen molar-refractivity contribution in [2.24, 2.45) is 0 Å². The maximum Gasteiger partial charge on any atom is 0.343 e. The van der Waals surface area contributed by atoms with Crippen LogP contribution in [0.5, 0.6) is 23.0 Å². The van der Waals surface area contributed by atoms with Gasteiger partial charge >= 0.3 is 23.9 Å². The second kappa shape index (κ2) is 8.80. The maximum absolute atomic E-state index is 13.1. The molecule has 0 saturated carbocycles. The number of ether oxygens (including phenoxy) is 2. The smallest absolute Gasteiger partial charge is 0.343 e. The van der Waals surface area contributed by atoms with Crippen molar-refractivity contribution in [1.29, 1.82) is 0 Å². The van der Waals surface area contributed by atoms with Crippen LogP contribution in [0.1, 0.15) is 61.4 Å². The van der Waals surface area contributed by atoms with Gasteiger partial charge in [0.25, 0.3) is 0 Å². The summed E-state index contributed by atoms with van der Waals surface area (Å²) >= 11 is 0. The normalized spacial score (nSPS) is 16.7. The van der Waals surface area contributed by atoms with E-state index in [0.29, 0.717) is 5.56 Å². The number of rotatable bonds is 7. The fourth-order valence-corrected chi connectivity index (χ4v) is 5.23. The van der Waals surface area contributed by atoms with Gasteiger partial charge in [0.15, 0.2) is 11.4 Å². The van der Waals surface area contributed by atoms with Crippen molar-refractivity contribution in [2.75, 3.05) is 0 Å². The fraction of sp³-hybridized carbons (Fsp3) is 0.185. The monoisotopic (exact) mass is 520 g/mol. The molecule has 2 aliphatic heterocycles. The Morgan fingerprint density at radius 2 is 1.47 bits per heavy atom. The van der Waals surface area contributed by atoms with Crippen LogP contribution in [-0.2, 0) is 32.8 Å². The summed E-state index contributed by atoms with van der Waals surface area (Å²) in [6, 6.07) is 9.97. The first-order chi connectivity index (χ1) is 18.1. The minimum absolute atomic E-state index is 0.0601. The summed E-state index contributed by atoms with van der Waals surface area (Å²) in [5.74, 6) is -6.05. The van der Waals surface area contributed by atoms with Crippen LogP contribution in [0.3, 0.4) is 0 Å². The van der Waals surface area contributed by atoms with Crippen molar-refractivity contribution in [1.82, 2.24) is 0 Å². The molecular weight excluding hydrogens is 500 g/mol. The predicted octanol–water partition coefficient (Wildman–Crippen LogP) is 3.40. The van der Waals surface area contributed by atoms with Gasteiger partial charge in [-0.1, -0.05) is 18.2 Å². The van der Waals surface area contributed by atoms with Crippen molar-refractivity contribution in [3.05, 3.63) is 81.4 Å². The Balaban J connectivity index is 1.92. The molecule has 0 radical (unpaired) electrons. The summed E-state index contributed by atoms with van der Waals surface area (Å²) in [5, 5.41) is 49.8. The van der Waals surface area contributed by atoms with Gasteiger partial charge in [-0.3, -0.25) is 9.59 Å². The minimum Gasteiger partial charge on any atom is -0.508 e. The Morgan fingerprint density at radius 1 is 0.816 bits per heavy atom. The Kier molecular flexibility index (Phi) is 5.70. The molecule has 3 aromatic carbocycles. The van der Waals surface area contributed by atoms with Gasteiger partial charge in [-0.25, -0.2) is 9.59 Å². The number of carbonyl (C=O) groups excluding carboxylic acids is 1. The summed E-state index contributed by atoms with van der Waals surface area (Å²) in [5.41, 5.74) is -1.43. The zero-order valence-corrected chi connectivity index (χ0v) is 19.6. The van der Waals surface area contributed by atoms with E-state index in [-0.39, 0.29) is 58.6 Å². The number of aliphatic carboxylic acids is 2. The van der Waals surface area contributed by atoms with Gasteiger partial charge in [0.05, 0.1) is 11.1 Å². The standard InChI is InChI=1S/C27H20O11/c28-17-8-7-16-24(22(17)25(34)35)37-19-11-18(29)12(5-9-20(30)31)13(6-10-21(32)33)23(19)27(16)15-4-2-1-3-14(15)26(36)38-27/h1-4,7-8,11,28-29H,5-6,9-10H2,(H,30,31)(H,32,33)(H,34,35). The third kappa shape index (κ3) is 3.59. The highest BCUT2D eigenvalue weighted by molar-refractivity contribution is 5.99. The van der Waals surface area contributed by atoms with E-state index >= 15 is 0 Å². The Bertz CT molecular complexity index is 1560. The van der Waals surface area contributed by atoms with Crippen LogP contribution in [0.15, 0.2) is 42.5 Å². The third-order valence-corrected chi connectivity index (χ3v) is 6.73. The number of phenolic OH excluding ortho intramolecular Hbond substituents is 1. The highest BCUT2D eigenvalue weighted by Crippen LogP contribution is 2.60. The molecular formula is C27H20O11. The van der Waals surface area contributed by atoms with Crippen molar-refractivity contribution >= 4 is 23.9 Å². The Morgan fingerprint density at radius 3 is 2.13 bits per heavy atom. The van der Waals surface area contributed by atoms with E-state index in [1.54, 1.807) is 18.2 Å². The summed E-state index contributed by atoms with van der Waals surface area (Å²) in [6.45, 7) is 0. The van der Waals surface area contributed by atoms with Gasteiger partial charge in [0.1, 0.15) is 22.8 Å². The first-order valence-corrected chi connectivity index (χ1v) is 11.5. The van der Waals surface area contributed by atoms with Crippen LogP contribution in [0, 0.1) is 0 Å². The Labute approximate surface area is 214 Å². The molecule has 194 valence electrons. The van der Waals surface area contributed by atoms with Gasteiger partial charge in [-0.05, 0) is 42.2 Å². The molecule has 11 nitrogen and oxygen atoms in total. The molecule has 0 fully saturated rings. The lowest BCUT2D eigenvalue weighted by Crippen LogP contribution is -2.35. The topological polar surface area (TPSA) is 188 Å². The van der Waals surface area contributed by atoms with Gasteiger partial charge in [0.2, 0.25) is 0 Å². The van der Waals surface area contributed by atoms with E-state index in [2.05, 4.69) is 0 Å². The first kappa shape index (κ1) is 24.6. The number of aromatic carboxylic acids is 1. The molecule has 11 heteroatoms. The molecule has 1 atom stereocenters. The lowest BCUT2D eigenvalue weighted by Gasteiger charge is -2.39. The molecule has 0 aliphatic carbocycles. The van der Waals surface area contributed by atoms with Crippen molar-refractivity contribution in [3.8, 4) is 23.0 Å². The fourth-order valence-electron chi connectivity index (χ4n) is 5.23. The molecule has 38 heavy (non-hydrogen) atoms. The number of aromatic hydroxyl groups is 2. The molecule has 1 unspecified atom stereocenters. The van der Waals surface area contributed by atoms with Crippen LogP contribution in [-0.4, -0.2) is 49.4 Å². The second-order valence-corrected chi connectivity index (χ2v) is 8.87. The molecule has 0 aromatic heterocycles. The molecule has 2 aliphatic rings. The zero-order valence-electron chi connectivity index (χ0n) is 19.6. The van der Waals surface area contributed by atoms with Gasteiger partial charge in [0, 0.05) is 30.0 Å². The van der Waals surface area contributed by atoms with E-state index in [1.165, 1.54) is 12.1 Å². The number of hydrogen-bond donors (Lipinski definition) is 5. The van der Waals surface area contributed by atoms with E-state index in [4.69, 9.17) is 9.47 Å². The molecule has 5 N–H and O–H groups in total. The third-order valence-electron chi connectivity index (χ3n) is 6.73. The molecule has 3 aromatic rings. The summed E-state index contributed by atoms with van der Waals surface area (Å²) in [4.78, 5) is 48.2. The second-order valence-electron chi connectivity index (χ2n) is 8.87. The van der Waals surface area contributed by atoms with Crippen molar-refractivity contribution < 1.29 is 54.2 Å². The number of hydrogen-bond acceptors (Lipinski definition) is 8. The number of benzene rings is 3. The molecule has 0 saturated heterocycles. The van der Waals surface area contributed by atoms with Gasteiger partial charge < -0.3 is 35.0 Å². The first-order valence-electron chi connectivity index (χ1n) is 11.5. The quantitative estimate of drug-likeness (QED) is 0.287. The number of carbonyl (C=O) groups is 4. The molecule has 1 spiro atoms. The highest BCUT2D eigenvalue weighted by Gasteiger charge is 2.56.